The van der Waals surface area contributed by atoms with Gasteiger partial charge in [0.2, 0.25) is 10.0 Å². The molecule has 1 aliphatic rings. The molecule has 1 unspecified atom stereocenters. The summed E-state index contributed by atoms with van der Waals surface area (Å²) in [4.78, 5) is 20.6. The number of aryl methyl sites for hydroxylation is 2. The summed E-state index contributed by atoms with van der Waals surface area (Å²) in [5.74, 6) is -0.0538. The molecule has 36 heavy (non-hydrogen) atoms. The molecule has 0 aliphatic carbocycles. The average Bonchev–Trinajstić information content (AvgIpc) is 3.58. The van der Waals surface area contributed by atoms with E-state index in [-0.39, 0.29) is 59.9 Å². The molecule has 10 nitrogen and oxygen atoms in total. The highest BCUT2D eigenvalue weighted by molar-refractivity contribution is 7.89. The second-order valence-corrected chi connectivity index (χ2v) is 10.1. The lowest BCUT2D eigenvalue weighted by Gasteiger charge is -2.19. The molecule has 1 aromatic carbocycles. The third-order valence-electron chi connectivity index (χ3n) is 5.74. The van der Waals surface area contributed by atoms with Gasteiger partial charge in [0.25, 0.3) is 5.56 Å². The summed E-state index contributed by atoms with van der Waals surface area (Å²) in [7, 11) is -4.83. The summed E-state index contributed by atoms with van der Waals surface area (Å²) in [5.41, 5.74) is -0.909. The maximum atomic E-state index is 13.6. The number of aromatic amines is 1. The van der Waals surface area contributed by atoms with Crippen molar-refractivity contribution in [1.82, 2.24) is 29.4 Å². The maximum absolute atomic E-state index is 13.6. The number of fused-ring (bicyclic) bond motifs is 1. The molecule has 4 rings (SSSR count). The summed E-state index contributed by atoms with van der Waals surface area (Å²) in [6.45, 7) is -4.89. The van der Waals surface area contributed by atoms with Crippen molar-refractivity contribution in [3.05, 3.63) is 34.2 Å². The van der Waals surface area contributed by atoms with E-state index in [0.29, 0.717) is 23.9 Å². The third-order valence-corrected chi connectivity index (χ3v) is 6.99. The summed E-state index contributed by atoms with van der Waals surface area (Å²) >= 11 is 0. The zero-order valence-electron chi connectivity index (χ0n) is 30.1. The Kier molecular flexibility index (Phi) is 4.98. The van der Waals surface area contributed by atoms with Gasteiger partial charge < -0.3 is 14.6 Å². The van der Waals surface area contributed by atoms with Crippen molar-refractivity contribution in [2.45, 2.75) is 63.3 Å². The molecule has 0 radical (unpaired) electrons. The Hall–Kier alpha value is -2.76. The molecular weight excluding hydrogens is 480 g/mol. The molecule has 1 atom stereocenters. The first-order valence-corrected chi connectivity index (χ1v) is 13.2. The molecule has 0 saturated carbocycles. The van der Waals surface area contributed by atoms with E-state index in [1.807, 2.05) is 13.8 Å². The van der Waals surface area contributed by atoms with Gasteiger partial charge in [-0.1, -0.05) is 20.3 Å². The zero-order valence-corrected chi connectivity index (χ0v) is 20.9. The topological polar surface area (TPSA) is 122 Å². The van der Waals surface area contributed by atoms with E-state index < -0.39 is 53.3 Å². The van der Waals surface area contributed by atoms with E-state index >= 15 is 0 Å². The van der Waals surface area contributed by atoms with Gasteiger partial charge in [0.1, 0.15) is 17.1 Å². The van der Waals surface area contributed by atoms with Crippen LogP contribution in [-0.2, 0) is 23.4 Å². The van der Waals surface area contributed by atoms with Crippen LogP contribution in [0, 0.1) is 0 Å². The van der Waals surface area contributed by atoms with Crippen molar-refractivity contribution < 1.29 is 26.9 Å². The van der Waals surface area contributed by atoms with Crippen LogP contribution in [0.25, 0.3) is 22.4 Å². The second-order valence-electron chi connectivity index (χ2n) is 8.45. The van der Waals surface area contributed by atoms with Gasteiger partial charge in [-0.25, -0.2) is 18.1 Å². The highest BCUT2D eigenvalue weighted by atomic mass is 32.2. The van der Waals surface area contributed by atoms with Crippen molar-refractivity contribution in [2.24, 2.45) is 6.98 Å². The van der Waals surface area contributed by atoms with Crippen LogP contribution in [0.5, 0.6) is 5.75 Å². The van der Waals surface area contributed by atoms with Gasteiger partial charge >= 0.3 is 0 Å². The van der Waals surface area contributed by atoms with Crippen LogP contribution in [0.15, 0.2) is 27.9 Å². The first kappa shape index (κ1) is 16.2. The standard InChI is InChI=1S/C25H36N6O4S/c1-5-8-20-22-23(31(4)29-20)25(32)28-24(27-22)19-16-18(10-11-21(19)35-15-6-2)36(33,34)26-13-12-17-9-7-14-30(17)3/h10-11,16-17,26H,5-9,12-15H2,1-4H3,(H,27,28,32)/i3D3,4D3,12D2,13D2. The van der Waals surface area contributed by atoms with Gasteiger partial charge in [0, 0.05) is 33.2 Å². The first-order valence-electron chi connectivity index (χ1n) is 16.8. The minimum atomic E-state index is -4.83. The van der Waals surface area contributed by atoms with Crippen LogP contribution in [0.3, 0.4) is 0 Å². The van der Waals surface area contributed by atoms with Crippen molar-refractivity contribution in [1.29, 1.82) is 0 Å². The number of rotatable bonds is 11. The molecule has 3 heterocycles. The molecule has 2 N–H and O–H groups in total. The summed E-state index contributed by atoms with van der Waals surface area (Å²) < 4.78 is 116. The summed E-state index contributed by atoms with van der Waals surface area (Å²) in [6, 6.07) is 2.02. The molecule has 1 aliphatic heterocycles. The lowest BCUT2D eigenvalue weighted by atomic mass is 10.1. The minimum absolute atomic E-state index is 0.000128. The molecule has 1 saturated heterocycles. The largest absolute Gasteiger partial charge is 0.493 e. The van der Waals surface area contributed by atoms with Crippen LogP contribution in [0.4, 0.5) is 0 Å². The van der Waals surface area contributed by atoms with Gasteiger partial charge in [0.15, 0.2) is 5.52 Å². The number of benzene rings is 1. The monoisotopic (exact) mass is 526 g/mol. The van der Waals surface area contributed by atoms with Crippen molar-refractivity contribution in [3.8, 4) is 17.1 Å². The lowest BCUT2D eigenvalue weighted by molar-refractivity contribution is 0.297. The average molecular weight is 527 g/mol. The molecule has 0 amide bonds. The lowest BCUT2D eigenvalue weighted by Crippen LogP contribution is -2.31. The van der Waals surface area contributed by atoms with E-state index in [4.69, 9.17) is 18.4 Å². The van der Waals surface area contributed by atoms with Crippen molar-refractivity contribution in [3.63, 3.8) is 0 Å². The fraction of sp³-hybridized carbons (Fsp3) is 0.560. The quantitative estimate of drug-likeness (QED) is 0.394. The Morgan fingerprint density at radius 1 is 1.31 bits per heavy atom. The Labute approximate surface area is 226 Å². The number of H-pyrrole nitrogens is 1. The van der Waals surface area contributed by atoms with Crippen LogP contribution in [0.2, 0.25) is 0 Å². The number of hydrogen-bond acceptors (Lipinski definition) is 7. The van der Waals surface area contributed by atoms with Crippen LogP contribution < -0.4 is 15.0 Å². The number of nitrogens with one attached hydrogen (secondary N) is 2. The van der Waals surface area contributed by atoms with Crippen LogP contribution in [-0.4, -0.2) is 65.7 Å². The molecule has 0 spiro atoms. The molecule has 2 aromatic heterocycles. The zero-order chi connectivity index (χ0) is 34.5. The minimum Gasteiger partial charge on any atom is -0.493 e. The fourth-order valence-corrected chi connectivity index (χ4v) is 4.80. The van der Waals surface area contributed by atoms with Gasteiger partial charge in [-0.3, -0.25) is 9.48 Å². The Balaban J connectivity index is 1.82. The van der Waals surface area contributed by atoms with E-state index in [1.54, 1.807) is 4.72 Å². The number of hydrogen-bond donors (Lipinski definition) is 2. The van der Waals surface area contributed by atoms with Crippen molar-refractivity contribution >= 4 is 21.1 Å². The van der Waals surface area contributed by atoms with Gasteiger partial charge in [-0.2, -0.15) is 5.10 Å². The number of ether oxygens (including phenoxy) is 1. The highest BCUT2D eigenvalue weighted by Gasteiger charge is 2.23. The molecule has 3 aromatic rings. The molecule has 0 bridgehead atoms. The number of sulfonamides is 1. The van der Waals surface area contributed by atoms with E-state index in [0.717, 1.165) is 17.0 Å². The van der Waals surface area contributed by atoms with Gasteiger partial charge in [-0.15, -0.1) is 0 Å². The molecule has 11 heteroatoms. The molecule has 1 fully saturated rings. The Morgan fingerprint density at radius 2 is 2.17 bits per heavy atom. The van der Waals surface area contributed by atoms with E-state index in [1.165, 1.54) is 6.07 Å². The maximum Gasteiger partial charge on any atom is 0.277 e. The number of aromatic nitrogens is 4. The number of likely N-dealkylation sites (tertiary alicyclic amines) is 1. The number of nitrogens with zero attached hydrogens (tertiary/aromatic N) is 4. The predicted molar refractivity (Wildman–Crippen MR) is 140 cm³/mol. The van der Waals surface area contributed by atoms with Gasteiger partial charge in [-0.05, 0) is 63.8 Å². The fourth-order valence-electron chi connectivity index (χ4n) is 3.97. The smallest absolute Gasteiger partial charge is 0.277 e. The summed E-state index contributed by atoms with van der Waals surface area (Å²) in [5, 5.41) is 4.11. The van der Waals surface area contributed by atoms with Crippen LogP contribution in [0.1, 0.15) is 65.3 Å². The Bertz CT molecular complexity index is 1750. The predicted octanol–water partition coefficient (Wildman–Crippen LogP) is 2.83. The van der Waals surface area contributed by atoms with E-state index in [9.17, 15) is 13.2 Å². The van der Waals surface area contributed by atoms with Crippen molar-refractivity contribution in [2.75, 3.05) is 26.6 Å². The normalized spacial score (nSPS) is 22.3. The first-order chi connectivity index (χ1) is 21.2. The third kappa shape index (κ3) is 5.47. The second kappa shape index (κ2) is 11.1. The van der Waals surface area contributed by atoms with E-state index in [2.05, 4.69) is 15.1 Å². The van der Waals surface area contributed by atoms with Crippen LogP contribution >= 0.6 is 0 Å². The van der Waals surface area contributed by atoms with Gasteiger partial charge in [0.05, 0.1) is 22.8 Å². The molecular formula is C25H36N6O4S. The SMILES string of the molecule is [2H]C([2H])([2H])N1CCCC1C([2H])([2H])C([2H])([2H])NS(=O)(=O)c1ccc(OCCC)c(-c2nc3c(CCC)nn(C([2H])([2H])[2H])c3c(=O)[nH]2)c1. The Morgan fingerprint density at radius 3 is 2.92 bits per heavy atom. The summed E-state index contributed by atoms with van der Waals surface area (Å²) in [6.07, 6.45) is -1.25. The highest BCUT2D eigenvalue weighted by Crippen LogP contribution is 2.31. The molecule has 196 valence electrons.